The Morgan fingerprint density at radius 2 is 1.62 bits per heavy atom. The van der Waals surface area contributed by atoms with E-state index in [1.54, 1.807) is 35.6 Å². The highest BCUT2D eigenvalue weighted by atomic mass is 35.5. The first-order valence-corrected chi connectivity index (χ1v) is 10.6. The number of thiophene rings is 1. The van der Waals surface area contributed by atoms with Crippen molar-refractivity contribution in [3.05, 3.63) is 96.5 Å². The highest BCUT2D eigenvalue weighted by Crippen LogP contribution is 2.30. The monoisotopic (exact) mass is 418 g/mol. The fraction of sp³-hybridized carbons (Fsp3) is 0.0952. The number of Topliss-reactive ketones (excluding diaryl/α,β-unsaturated/α-hetero) is 1. The Kier molecular flexibility index (Phi) is 6.60. The smallest absolute Gasteiger partial charge is 0.199 e. The summed E-state index contributed by atoms with van der Waals surface area (Å²) in [5.74, 6) is 0.709. The molecule has 0 aliphatic heterocycles. The Morgan fingerprint density at radius 1 is 1.00 bits per heavy atom. The minimum absolute atomic E-state index is 0.00781. The zero-order chi connectivity index (χ0) is 18.5. The van der Waals surface area contributed by atoms with Crippen LogP contribution in [0, 0.1) is 6.92 Å². The molecule has 2 aromatic carbocycles. The lowest BCUT2D eigenvalue weighted by Crippen LogP contribution is -2.01. The molecule has 26 heavy (non-hydrogen) atoms. The molecule has 0 unspecified atom stereocenters. The lowest BCUT2D eigenvalue weighted by Gasteiger charge is -2.08. The predicted molar refractivity (Wildman–Crippen MR) is 116 cm³/mol. The number of hydrogen-bond acceptors (Lipinski definition) is 3. The maximum absolute atomic E-state index is 13.0. The summed E-state index contributed by atoms with van der Waals surface area (Å²) in [7, 11) is 0. The number of rotatable bonds is 6. The number of hydrogen-bond donors (Lipinski definition) is 0. The van der Waals surface area contributed by atoms with Crippen molar-refractivity contribution in [1.82, 2.24) is 0 Å². The van der Waals surface area contributed by atoms with Gasteiger partial charge in [0.15, 0.2) is 5.78 Å². The van der Waals surface area contributed by atoms with Gasteiger partial charge in [-0.25, -0.2) is 0 Å². The van der Waals surface area contributed by atoms with Crippen LogP contribution in [-0.4, -0.2) is 5.78 Å². The van der Waals surface area contributed by atoms with Gasteiger partial charge in [0.1, 0.15) is 0 Å². The maximum Gasteiger partial charge on any atom is 0.199 e. The highest BCUT2D eigenvalue weighted by Gasteiger charge is 2.14. The molecule has 1 aromatic heterocycles. The van der Waals surface area contributed by atoms with Gasteiger partial charge in [0.25, 0.3) is 0 Å². The van der Waals surface area contributed by atoms with E-state index in [-0.39, 0.29) is 5.78 Å². The summed E-state index contributed by atoms with van der Waals surface area (Å²) in [5, 5.41) is 3.37. The average Bonchev–Trinajstić information content (AvgIpc) is 3.05. The number of halogens is 2. The molecule has 132 valence electrons. The van der Waals surface area contributed by atoms with Crippen molar-refractivity contribution in [1.29, 1.82) is 0 Å². The zero-order valence-electron chi connectivity index (χ0n) is 14.0. The number of carbonyl (C=O) groups is 1. The van der Waals surface area contributed by atoms with Crippen molar-refractivity contribution < 1.29 is 4.79 Å². The number of aryl methyl sites for hydroxylation is 1. The zero-order valence-corrected chi connectivity index (χ0v) is 17.2. The number of benzene rings is 2. The van der Waals surface area contributed by atoms with Crippen LogP contribution >= 0.6 is 46.3 Å². The first-order chi connectivity index (χ1) is 12.5. The van der Waals surface area contributed by atoms with E-state index in [9.17, 15) is 4.79 Å². The summed E-state index contributed by atoms with van der Waals surface area (Å²) < 4.78 is 0. The Morgan fingerprint density at radius 3 is 2.19 bits per heavy atom. The molecule has 0 aliphatic rings. The van der Waals surface area contributed by atoms with Crippen molar-refractivity contribution >= 4 is 58.2 Å². The Balaban J connectivity index is 1.87. The molecule has 1 heterocycles. The summed E-state index contributed by atoms with van der Waals surface area (Å²) in [6.07, 6.45) is 1.98. The molecule has 3 rings (SSSR count). The third-order valence-electron chi connectivity index (χ3n) is 3.80. The van der Waals surface area contributed by atoms with Gasteiger partial charge in [-0.05, 0) is 72.0 Å². The second-order valence-electron chi connectivity index (χ2n) is 5.73. The van der Waals surface area contributed by atoms with Crippen LogP contribution in [0.2, 0.25) is 10.0 Å². The van der Waals surface area contributed by atoms with Crippen LogP contribution in [0.3, 0.4) is 0 Å². The lowest BCUT2D eigenvalue weighted by atomic mass is 10.1. The largest absolute Gasteiger partial charge is 0.288 e. The summed E-state index contributed by atoms with van der Waals surface area (Å²) in [6.45, 7) is 2.05. The number of ketones is 1. The van der Waals surface area contributed by atoms with Crippen molar-refractivity contribution in [2.24, 2.45) is 0 Å². The van der Waals surface area contributed by atoms with E-state index < -0.39 is 0 Å². The topological polar surface area (TPSA) is 17.1 Å². The summed E-state index contributed by atoms with van der Waals surface area (Å²) >= 11 is 15.1. The Bertz CT molecular complexity index is 925. The van der Waals surface area contributed by atoms with E-state index in [0.29, 0.717) is 26.3 Å². The lowest BCUT2D eigenvalue weighted by molar-refractivity contribution is 0.104. The molecule has 1 nitrogen and oxygen atoms in total. The molecule has 5 heteroatoms. The molecule has 0 saturated carbocycles. The van der Waals surface area contributed by atoms with Crippen LogP contribution in [0.1, 0.15) is 26.4 Å². The maximum atomic E-state index is 13.0. The van der Waals surface area contributed by atoms with E-state index in [0.717, 1.165) is 10.4 Å². The Labute approximate surface area is 171 Å². The van der Waals surface area contributed by atoms with Crippen molar-refractivity contribution in [2.75, 3.05) is 0 Å². The second kappa shape index (κ2) is 8.92. The second-order valence-corrected chi connectivity index (χ2v) is 8.57. The van der Waals surface area contributed by atoms with E-state index in [1.807, 2.05) is 35.7 Å². The van der Waals surface area contributed by atoms with Crippen LogP contribution in [0.15, 0.2) is 64.9 Å². The predicted octanol–water partition coefficient (Wildman–Crippen LogP) is 7.52. The van der Waals surface area contributed by atoms with Crippen LogP contribution in [0.4, 0.5) is 0 Å². The molecule has 0 atom stereocenters. The van der Waals surface area contributed by atoms with Crippen molar-refractivity contribution in [3.63, 3.8) is 0 Å². The quantitative estimate of drug-likeness (QED) is 0.304. The van der Waals surface area contributed by atoms with Crippen LogP contribution in [0.5, 0.6) is 0 Å². The first-order valence-electron chi connectivity index (χ1n) is 7.96. The van der Waals surface area contributed by atoms with E-state index >= 15 is 0 Å². The van der Waals surface area contributed by atoms with Gasteiger partial charge in [0.05, 0.1) is 4.91 Å². The van der Waals surface area contributed by atoms with Gasteiger partial charge in [-0.15, -0.1) is 23.1 Å². The molecule has 0 amide bonds. The molecule has 0 spiro atoms. The summed E-state index contributed by atoms with van der Waals surface area (Å²) in [6, 6.07) is 16.8. The minimum atomic E-state index is 0.00781. The van der Waals surface area contributed by atoms with E-state index in [2.05, 4.69) is 13.0 Å². The molecule has 0 saturated heterocycles. The summed E-state index contributed by atoms with van der Waals surface area (Å²) in [4.78, 5) is 14.8. The van der Waals surface area contributed by atoms with Gasteiger partial charge < -0.3 is 0 Å². The number of carbonyl (C=O) groups excluding carboxylic acids is 1. The van der Waals surface area contributed by atoms with E-state index in [4.69, 9.17) is 23.2 Å². The molecule has 0 aliphatic carbocycles. The third-order valence-corrected chi connectivity index (χ3v) is 6.36. The number of allylic oxidation sites excluding steroid dienone is 1. The third kappa shape index (κ3) is 5.01. The van der Waals surface area contributed by atoms with Gasteiger partial charge in [0, 0.05) is 26.2 Å². The van der Waals surface area contributed by atoms with E-state index in [1.165, 1.54) is 17.3 Å². The van der Waals surface area contributed by atoms with Gasteiger partial charge >= 0.3 is 0 Å². The average molecular weight is 419 g/mol. The SMILES string of the molecule is Cc1ccsc1/C=C(/SCc1ccc(Cl)cc1)C(=O)c1ccc(Cl)cc1. The van der Waals surface area contributed by atoms with Gasteiger partial charge in [-0.3, -0.25) is 4.79 Å². The molecule has 0 N–H and O–H groups in total. The first kappa shape index (κ1) is 19.2. The molecule has 0 bridgehead atoms. The summed E-state index contributed by atoms with van der Waals surface area (Å²) in [5.41, 5.74) is 2.93. The molecule has 0 fully saturated rings. The minimum Gasteiger partial charge on any atom is -0.288 e. The van der Waals surface area contributed by atoms with Gasteiger partial charge in [-0.2, -0.15) is 0 Å². The highest BCUT2D eigenvalue weighted by molar-refractivity contribution is 8.03. The van der Waals surface area contributed by atoms with Crippen LogP contribution in [-0.2, 0) is 5.75 Å². The van der Waals surface area contributed by atoms with Crippen molar-refractivity contribution in [2.45, 2.75) is 12.7 Å². The normalized spacial score (nSPS) is 11.6. The van der Waals surface area contributed by atoms with Crippen LogP contribution in [0.25, 0.3) is 6.08 Å². The molecular formula is C21H16Cl2OS2. The van der Waals surface area contributed by atoms with Crippen molar-refractivity contribution in [3.8, 4) is 0 Å². The standard InChI is InChI=1S/C21H16Cl2OS2/c1-14-10-11-25-19(14)12-20(21(24)16-4-8-18(23)9-5-16)26-13-15-2-6-17(22)7-3-15/h2-12H,13H2,1H3/b20-12+. The fourth-order valence-corrected chi connectivity index (χ4v) is 4.46. The molecule has 3 aromatic rings. The fourth-order valence-electron chi connectivity index (χ4n) is 2.31. The van der Waals surface area contributed by atoms with Gasteiger partial charge in [-0.1, -0.05) is 35.3 Å². The molecule has 0 radical (unpaired) electrons. The molecular weight excluding hydrogens is 403 g/mol. The Hall–Kier alpha value is -1.52. The van der Waals surface area contributed by atoms with Gasteiger partial charge in [0.2, 0.25) is 0 Å². The van der Waals surface area contributed by atoms with Crippen LogP contribution < -0.4 is 0 Å². The number of thioether (sulfide) groups is 1.